The number of fused-ring (bicyclic) bond motifs is 1. The Morgan fingerprint density at radius 3 is 2.52 bits per heavy atom. The van der Waals surface area contributed by atoms with Gasteiger partial charge >= 0.3 is 0 Å². The van der Waals surface area contributed by atoms with Crippen LogP contribution >= 0.6 is 11.8 Å². The van der Waals surface area contributed by atoms with E-state index in [1.807, 2.05) is 50.2 Å². The fourth-order valence-corrected chi connectivity index (χ4v) is 4.07. The van der Waals surface area contributed by atoms with E-state index in [4.69, 9.17) is 0 Å². The highest BCUT2D eigenvalue weighted by molar-refractivity contribution is 7.99. The van der Waals surface area contributed by atoms with Crippen molar-refractivity contribution in [3.63, 3.8) is 0 Å². The van der Waals surface area contributed by atoms with Crippen LogP contribution in [0, 0.1) is 0 Å². The van der Waals surface area contributed by atoms with Gasteiger partial charge in [0.1, 0.15) is 0 Å². The highest BCUT2D eigenvalue weighted by Gasteiger charge is 2.17. The number of aromatic nitrogens is 2. The van der Waals surface area contributed by atoms with E-state index in [0.29, 0.717) is 22.6 Å². The summed E-state index contributed by atoms with van der Waals surface area (Å²) in [6.45, 7) is 6.71. The molecule has 6 heteroatoms. The van der Waals surface area contributed by atoms with Gasteiger partial charge in [-0.05, 0) is 37.0 Å². The summed E-state index contributed by atoms with van der Waals surface area (Å²) in [4.78, 5) is 30.0. The molecule has 3 aromatic rings. The first-order chi connectivity index (χ1) is 14.0. The fourth-order valence-electron chi connectivity index (χ4n) is 3.15. The van der Waals surface area contributed by atoms with Crippen molar-refractivity contribution >= 4 is 28.6 Å². The maximum atomic E-state index is 13.0. The van der Waals surface area contributed by atoms with Gasteiger partial charge in [0.2, 0.25) is 5.91 Å². The third-order valence-electron chi connectivity index (χ3n) is 5.11. The molecule has 0 aliphatic carbocycles. The number of hydrogen-bond acceptors (Lipinski definition) is 4. The molecule has 1 amide bonds. The summed E-state index contributed by atoms with van der Waals surface area (Å²) in [6, 6.07) is 17.5. The molecule has 0 saturated heterocycles. The first-order valence-electron chi connectivity index (χ1n) is 9.97. The van der Waals surface area contributed by atoms with Crippen molar-refractivity contribution in [3.8, 4) is 0 Å². The molecular weight excluding hydrogens is 382 g/mol. The number of benzene rings is 2. The summed E-state index contributed by atoms with van der Waals surface area (Å²) in [5.74, 6) is 0.404. The minimum atomic E-state index is -0.0594. The molecule has 0 aliphatic rings. The highest BCUT2D eigenvalue weighted by Crippen LogP contribution is 2.22. The molecule has 1 N–H and O–H groups in total. The van der Waals surface area contributed by atoms with Crippen molar-refractivity contribution in [2.75, 3.05) is 12.3 Å². The maximum absolute atomic E-state index is 13.0. The van der Waals surface area contributed by atoms with E-state index in [2.05, 4.69) is 29.4 Å². The van der Waals surface area contributed by atoms with Crippen LogP contribution in [0.25, 0.3) is 10.9 Å². The first kappa shape index (κ1) is 21.1. The van der Waals surface area contributed by atoms with Crippen LogP contribution in [0.3, 0.4) is 0 Å². The average molecular weight is 410 g/mol. The van der Waals surface area contributed by atoms with E-state index < -0.39 is 0 Å². The van der Waals surface area contributed by atoms with Gasteiger partial charge in [0.15, 0.2) is 5.16 Å². The number of para-hydroxylation sites is 1. The Balaban J connectivity index is 1.71. The number of amides is 1. The Labute approximate surface area is 175 Å². The molecule has 5 nitrogen and oxygen atoms in total. The second kappa shape index (κ2) is 9.74. The molecule has 1 heterocycles. The number of hydrogen-bond donors (Lipinski definition) is 1. The summed E-state index contributed by atoms with van der Waals surface area (Å²) in [5.41, 5.74) is 1.81. The molecule has 2 aromatic carbocycles. The van der Waals surface area contributed by atoms with Crippen molar-refractivity contribution in [3.05, 3.63) is 70.5 Å². The molecule has 0 unspecified atom stereocenters. The van der Waals surface area contributed by atoms with Crippen LogP contribution in [-0.4, -0.2) is 27.8 Å². The lowest BCUT2D eigenvalue weighted by atomic mass is 10.0. The molecule has 0 saturated carbocycles. The summed E-state index contributed by atoms with van der Waals surface area (Å²) >= 11 is 1.32. The van der Waals surface area contributed by atoms with E-state index in [-0.39, 0.29) is 29.2 Å². The van der Waals surface area contributed by atoms with Gasteiger partial charge < -0.3 is 5.32 Å². The third-order valence-corrected chi connectivity index (χ3v) is 6.07. The Bertz CT molecular complexity index is 1030. The number of thioether (sulfide) groups is 1. The third kappa shape index (κ3) is 5.07. The Morgan fingerprint density at radius 1 is 1.10 bits per heavy atom. The minimum Gasteiger partial charge on any atom is -0.355 e. The molecule has 1 aromatic heterocycles. The number of nitrogens with zero attached hydrogens (tertiary/aromatic N) is 2. The number of carbonyl (C=O) groups is 1. The van der Waals surface area contributed by atoms with Gasteiger partial charge in [-0.15, -0.1) is 0 Å². The van der Waals surface area contributed by atoms with Crippen LogP contribution in [0.2, 0.25) is 0 Å². The number of rotatable bonds is 8. The van der Waals surface area contributed by atoms with E-state index in [1.165, 1.54) is 17.3 Å². The number of nitrogens with one attached hydrogen (secondary N) is 1. The quantitative estimate of drug-likeness (QED) is 0.443. The van der Waals surface area contributed by atoms with Crippen molar-refractivity contribution < 1.29 is 4.79 Å². The zero-order chi connectivity index (χ0) is 20.8. The largest absolute Gasteiger partial charge is 0.355 e. The Hall–Kier alpha value is -2.60. The van der Waals surface area contributed by atoms with Gasteiger partial charge in [-0.3, -0.25) is 14.2 Å². The van der Waals surface area contributed by atoms with Crippen molar-refractivity contribution in [1.82, 2.24) is 14.9 Å². The molecule has 152 valence electrons. The van der Waals surface area contributed by atoms with Crippen molar-refractivity contribution in [2.45, 2.75) is 44.3 Å². The van der Waals surface area contributed by atoms with Gasteiger partial charge in [-0.2, -0.15) is 0 Å². The molecule has 29 heavy (non-hydrogen) atoms. The maximum Gasteiger partial charge on any atom is 0.262 e. The lowest BCUT2D eigenvalue weighted by molar-refractivity contribution is -0.118. The van der Waals surface area contributed by atoms with Gasteiger partial charge in [-0.1, -0.05) is 68.1 Å². The zero-order valence-corrected chi connectivity index (χ0v) is 17.9. The summed E-state index contributed by atoms with van der Waals surface area (Å²) in [7, 11) is 0. The van der Waals surface area contributed by atoms with Crippen LogP contribution in [0.4, 0.5) is 0 Å². The average Bonchev–Trinajstić information content (AvgIpc) is 2.76. The fraction of sp³-hybridized carbons (Fsp3) is 0.348. The van der Waals surface area contributed by atoms with Gasteiger partial charge in [-0.25, -0.2) is 4.98 Å². The second-order valence-electron chi connectivity index (χ2n) is 7.25. The van der Waals surface area contributed by atoms with E-state index in [9.17, 15) is 9.59 Å². The van der Waals surface area contributed by atoms with Crippen LogP contribution in [0.5, 0.6) is 0 Å². The van der Waals surface area contributed by atoms with Crippen molar-refractivity contribution in [2.24, 2.45) is 0 Å². The molecule has 0 aliphatic heterocycles. The number of carbonyl (C=O) groups excluding carboxylic acids is 1. The SMILES string of the molecule is CC[C@H](C)n1c(SCC(=O)NC[C@@H](C)c2ccccc2)nc2ccccc2c1=O. The predicted octanol–water partition coefficient (Wildman–Crippen LogP) is 4.38. The molecule has 0 radical (unpaired) electrons. The van der Waals surface area contributed by atoms with E-state index in [0.717, 1.165) is 6.42 Å². The topological polar surface area (TPSA) is 64.0 Å². The van der Waals surface area contributed by atoms with Crippen LogP contribution < -0.4 is 10.9 Å². The second-order valence-corrected chi connectivity index (χ2v) is 8.19. The molecular formula is C23H27N3O2S. The molecule has 3 rings (SSSR count). The van der Waals surface area contributed by atoms with Gasteiger partial charge in [0.05, 0.1) is 16.7 Å². The molecule has 0 bridgehead atoms. The lowest BCUT2D eigenvalue weighted by Gasteiger charge is -2.18. The van der Waals surface area contributed by atoms with Crippen LogP contribution in [0.15, 0.2) is 64.5 Å². The smallest absolute Gasteiger partial charge is 0.262 e. The zero-order valence-electron chi connectivity index (χ0n) is 17.1. The summed E-state index contributed by atoms with van der Waals surface area (Å²) < 4.78 is 1.72. The van der Waals surface area contributed by atoms with E-state index >= 15 is 0 Å². The Morgan fingerprint density at radius 2 is 1.79 bits per heavy atom. The lowest BCUT2D eigenvalue weighted by Crippen LogP contribution is -2.30. The Kier molecular flexibility index (Phi) is 7.09. The first-order valence-corrected chi connectivity index (χ1v) is 11.0. The van der Waals surface area contributed by atoms with Crippen LogP contribution in [-0.2, 0) is 4.79 Å². The molecule has 0 fully saturated rings. The minimum absolute atomic E-state index is 0.0169. The van der Waals surface area contributed by atoms with Crippen LogP contribution in [0.1, 0.15) is 44.7 Å². The van der Waals surface area contributed by atoms with Gasteiger partial charge in [0.25, 0.3) is 5.56 Å². The molecule has 2 atom stereocenters. The normalized spacial score (nSPS) is 13.2. The van der Waals surface area contributed by atoms with Crippen molar-refractivity contribution in [1.29, 1.82) is 0 Å². The summed E-state index contributed by atoms with van der Waals surface area (Å²) in [6.07, 6.45) is 0.814. The predicted molar refractivity (Wildman–Crippen MR) is 120 cm³/mol. The summed E-state index contributed by atoms with van der Waals surface area (Å²) in [5, 5.41) is 4.19. The highest BCUT2D eigenvalue weighted by atomic mass is 32.2. The standard InChI is InChI=1S/C23H27N3O2S/c1-4-17(3)26-22(28)19-12-8-9-13-20(19)25-23(26)29-15-21(27)24-14-16(2)18-10-6-5-7-11-18/h5-13,16-17H,4,14-15H2,1-3H3,(H,24,27)/t16-,17+/m1/s1. The monoisotopic (exact) mass is 409 g/mol. The van der Waals surface area contributed by atoms with Gasteiger partial charge in [0, 0.05) is 12.6 Å². The van der Waals surface area contributed by atoms with E-state index in [1.54, 1.807) is 10.6 Å². The molecule has 0 spiro atoms.